The van der Waals surface area contributed by atoms with Crippen LogP contribution in [-0.4, -0.2) is 58.6 Å². The number of anilines is 1. The second-order valence-electron chi connectivity index (χ2n) is 7.77. The van der Waals surface area contributed by atoms with Crippen molar-refractivity contribution in [1.29, 1.82) is 0 Å². The highest BCUT2D eigenvalue weighted by atomic mass is 16.4. The predicted octanol–water partition coefficient (Wildman–Crippen LogP) is 3.85. The third-order valence-electron chi connectivity index (χ3n) is 5.46. The van der Waals surface area contributed by atoms with Gasteiger partial charge in [-0.25, -0.2) is 9.59 Å². The van der Waals surface area contributed by atoms with Crippen LogP contribution in [0.3, 0.4) is 0 Å². The number of para-hydroxylation sites is 1. The molecule has 33 heavy (non-hydrogen) atoms. The molecular weight excluding hydrogens is 420 g/mol. The van der Waals surface area contributed by atoms with Gasteiger partial charge < -0.3 is 20.0 Å². The minimum atomic E-state index is -1.26. The first-order chi connectivity index (χ1) is 15.9. The van der Waals surface area contributed by atoms with Crippen molar-refractivity contribution in [3.05, 3.63) is 78.4 Å². The average molecular weight is 453 g/mol. The molecule has 0 spiro atoms. The van der Waals surface area contributed by atoms with E-state index in [-0.39, 0.29) is 5.91 Å². The van der Waals surface area contributed by atoms with Crippen molar-refractivity contribution in [2.75, 3.05) is 24.5 Å². The number of benzene rings is 2. The Morgan fingerprint density at radius 2 is 1.42 bits per heavy atom. The number of amides is 1. The summed E-state index contributed by atoms with van der Waals surface area (Å²) in [5, 5.41) is 15.6. The van der Waals surface area contributed by atoms with Crippen LogP contribution in [0.25, 0.3) is 0 Å². The number of likely N-dealkylation sites (tertiary alicyclic amines) is 1. The number of piperidine rings is 1. The fourth-order valence-corrected chi connectivity index (χ4v) is 3.79. The van der Waals surface area contributed by atoms with Gasteiger partial charge in [0.1, 0.15) is 0 Å². The maximum absolute atomic E-state index is 12.5. The standard InChI is InChI=1S/C22H28N2O.C4H4O4/c1-2-22(25)24(20-11-7-4-8-12-20)21-14-17-23(18-15-21)16-13-19-9-5-3-6-10-19;5-3(6)1-2-4(7)8/h3-12,21H,2,13-18H2,1H3;1-2H,(H,5,6)(H,7,8)/b;2-1-. The Kier molecular flexibility index (Phi) is 10.8. The van der Waals surface area contributed by atoms with E-state index in [0.29, 0.717) is 24.6 Å². The molecule has 0 aliphatic carbocycles. The molecule has 0 aromatic heterocycles. The first-order valence-electron chi connectivity index (χ1n) is 11.2. The Labute approximate surface area is 195 Å². The predicted molar refractivity (Wildman–Crippen MR) is 128 cm³/mol. The molecule has 0 atom stereocenters. The van der Waals surface area contributed by atoms with Gasteiger partial charge in [0.2, 0.25) is 5.91 Å². The van der Waals surface area contributed by atoms with Gasteiger partial charge in [-0.2, -0.15) is 0 Å². The van der Waals surface area contributed by atoms with Gasteiger partial charge >= 0.3 is 11.9 Å². The fraction of sp³-hybridized carbons (Fsp3) is 0.346. The van der Waals surface area contributed by atoms with Crippen molar-refractivity contribution in [2.24, 2.45) is 0 Å². The normalized spacial score (nSPS) is 14.3. The summed E-state index contributed by atoms with van der Waals surface area (Å²) in [4.78, 5) is 36.2. The maximum Gasteiger partial charge on any atom is 0.328 e. The molecule has 1 aliphatic heterocycles. The molecule has 2 aromatic rings. The van der Waals surface area contributed by atoms with E-state index >= 15 is 0 Å². The zero-order valence-corrected chi connectivity index (χ0v) is 19.0. The van der Waals surface area contributed by atoms with Gasteiger partial charge in [-0.15, -0.1) is 0 Å². The average Bonchev–Trinajstić information content (AvgIpc) is 2.84. The van der Waals surface area contributed by atoms with Gasteiger partial charge in [-0.3, -0.25) is 4.79 Å². The summed E-state index contributed by atoms with van der Waals surface area (Å²) in [6, 6.07) is 21.1. The molecule has 0 radical (unpaired) electrons. The number of carbonyl (C=O) groups is 3. The molecule has 176 valence electrons. The summed E-state index contributed by atoms with van der Waals surface area (Å²) in [5.74, 6) is -2.28. The first-order valence-corrected chi connectivity index (χ1v) is 11.2. The Balaban J connectivity index is 0.000000414. The number of hydrogen-bond donors (Lipinski definition) is 2. The highest BCUT2D eigenvalue weighted by molar-refractivity contribution is 5.93. The van der Waals surface area contributed by atoms with E-state index in [1.54, 1.807) is 0 Å². The van der Waals surface area contributed by atoms with Crippen LogP contribution >= 0.6 is 0 Å². The Bertz CT molecular complexity index is 891. The van der Waals surface area contributed by atoms with Crippen molar-refractivity contribution in [2.45, 2.75) is 38.6 Å². The quantitative estimate of drug-likeness (QED) is 0.591. The maximum atomic E-state index is 12.5. The molecule has 0 saturated carbocycles. The lowest BCUT2D eigenvalue weighted by atomic mass is 10.0. The van der Waals surface area contributed by atoms with Crippen LogP contribution in [0.1, 0.15) is 31.7 Å². The molecule has 1 aliphatic rings. The van der Waals surface area contributed by atoms with Crippen molar-refractivity contribution in [3.8, 4) is 0 Å². The van der Waals surface area contributed by atoms with Crippen LogP contribution in [0.15, 0.2) is 72.8 Å². The molecule has 7 heteroatoms. The van der Waals surface area contributed by atoms with Crippen LogP contribution in [0.2, 0.25) is 0 Å². The first kappa shape index (κ1) is 25.8. The summed E-state index contributed by atoms with van der Waals surface area (Å²) in [5.41, 5.74) is 2.44. The Hall–Kier alpha value is -3.45. The smallest absolute Gasteiger partial charge is 0.328 e. The minimum Gasteiger partial charge on any atom is -0.478 e. The monoisotopic (exact) mass is 452 g/mol. The molecular formula is C26H32N2O5. The molecule has 3 rings (SSSR count). The van der Waals surface area contributed by atoms with Gasteiger partial charge in [0.25, 0.3) is 0 Å². The second kappa shape index (κ2) is 13.9. The lowest BCUT2D eigenvalue weighted by Crippen LogP contribution is -2.47. The van der Waals surface area contributed by atoms with Gasteiger partial charge in [0, 0.05) is 49.9 Å². The van der Waals surface area contributed by atoms with E-state index < -0.39 is 11.9 Å². The summed E-state index contributed by atoms with van der Waals surface area (Å²) >= 11 is 0. The summed E-state index contributed by atoms with van der Waals surface area (Å²) in [6.07, 6.45) is 4.88. The molecule has 1 amide bonds. The highest BCUT2D eigenvalue weighted by Gasteiger charge is 2.28. The van der Waals surface area contributed by atoms with Crippen LogP contribution in [0, 0.1) is 0 Å². The van der Waals surface area contributed by atoms with Crippen molar-refractivity contribution < 1.29 is 24.6 Å². The number of nitrogens with zero attached hydrogens (tertiary/aromatic N) is 2. The number of aliphatic carboxylic acids is 2. The molecule has 2 N–H and O–H groups in total. The fourth-order valence-electron chi connectivity index (χ4n) is 3.79. The van der Waals surface area contributed by atoms with E-state index in [9.17, 15) is 14.4 Å². The zero-order chi connectivity index (χ0) is 24.1. The lowest BCUT2D eigenvalue weighted by Gasteiger charge is -2.38. The van der Waals surface area contributed by atoms with Crippen molar-refractivity contribution in [3.63, 3.8) is 0 Å². The van der Waals surface area contributed by atoms with E-state index in [2.05, 4.69) is 47.4 Å². The minimum absolute atomic E-state index is 0.230. The van der Waals surface area contributed by atoms with Crippen LogP contribution < -0.4 is 4.90 Å². The number of rotatable bonds is 8. The SMILES string of the molecule is CCC(=O)N(c1ccccc1)C1CCN(CCc2ccccc2)CC1.O=C(O)/C=C\C(=O)O. The van der Waals surface area contributed by atoms with Gasteiger partial charge in [0.05, 0.1) is 0 Å². The zero-order valence-electron chi connectivity index (χ0n) is 19.0. The molecule has 0 unspecified atom stereocenters. The molecule has 1 heterocycles. The number of carboxylic acids is 2. The molecule has 7 nitrogen and oxygen atoms in total. The third kappa shape index (κ3) is 9.29. The van der Waals surface area contributed by atoms with Crippen LogP contribution in [0.5, 0.6) is 0 Å². The van der Waals surface area contributed by atoms with Crippen LogP contribution in [0.4, 0.5) is 5.69 Å². The Morgan fingerprint density at radius 3 is 1.91 bits per heavy atom. The molecule has 1 fully saturated rings. The van der Waals surface area contributed by atoms with Gasteiger partial charge in [0.15, 0.2) is 0 Å². The topological polar surface area (TPSA) is 98.2 Å². The molecule has 1 saturated heterocycles. The molecule has 0 bridgehead atoms. The van der Waals surface area contributed by atoms with Crippen molar-refractivity contribution in [1.82, 2.24) is 4.90 Å². The van der Waals surface area contributed by atoms with Gasteiger partial charge in [-0.1, -0.05) is 55.5 Å². The van der Waals surface area contributed by atoms with E-state index in [0.717, 1.165) is 44.6 Å². The van der Waals surface area contributed by atoms with E-state index in [1.165, 1.54) is 5.56 Å². The molecule has 2 aromatic carbocycles. The Morgan fingerprint density at radius 1 is 0.909 bits per heavy atom. The summed E-state index contributed by atoms with van der Waals surface area (Å²) in [6.45, 7) is 5.19. The third-order valence-corrected chi connectivity index (χ3v) is 5.46. The van der Waals surface area contributed by atoms with E-state index in [4.69, 9.17) is 10.2 Å². The van der Waals surface area contributed by atoms with Crippen molar-refractivity contribution >= 4 is 23.5 Å². The van der Waals surface area contributed by atoms with Gasteiger partial charge in [-0.05, 0) is 37.0 Å². The van der Waals surface area contributed by atoms with E-state index in [1.807, 2.05) is 30.0 Å². The largest absolute Gasteiger partial charge is 0.478 e. The summed E-state index contributed by atoms with van der Waals surface area (Å²) in [7, 11) is 0. The van der Waals surface area contributed by atoms with Crippen LogP contribution in [-0.2, 0) is 20.8 Å². The highest BCUT2D eigenvalue weighted by Crippen LogP contribution is 2.24. The number of carbonyl (C=O) groups excluding carboxylic acids is 1. The number of hydrogen-bond acceptors (Lipinski definition) is 4. The number of carboxylic acid groups (broad SMARTS) is 2. The second-order valence-corrected chi connectivity index (χ2v) is 7.77. The lowest BCUT2D eigenvalue weighted by molar-refractivity contribution is -0.134. The summed E-state index contributed by atoms with van der Waals surface area (Å²) < 4.78 is 0.